The molecule has 3 amide bonds. The summed E-state index contributed by atoms with van der Waals surface area (Å²) in [6.45, 7) is -1.77. The van der Waals surface area contributed by atoms with Crippen LogP contribution < -0.4 is 16.3 Å². The summed E-state index contributed by atoms with van der Waals surface area (Å²) in [6.07, 6.45) is -12.7. The Morgan fingerprint density at radius 3 is 2.36 bits per heavy atom. The van der Waals surface area contributed by atoms with Crippen molar-refractivity contribution in [2.24, 2.45) is 0 Å². The molecular weight excluding hydrogens is 598 g/mol. The van der Waals surface area contributed by atoms with E-state index in [-0.39, 0.29) is 41.6 Å². The molecule has 0 saturated carbocycles. The van der Waals surface area contributed by atoms with E-state index in [0.29, 0.717) is 9.25 Å². The molecule has 0 spiro atoms. The van der Waals surface area contributed by atoms with Gasteiger partial charge in [0.25, 0.3) is 0 Å². The van der Waals surface area contributed by atoms with Crippen molar-refractivity contribution in [1.82, 2.24) is 29.9 Å². The van der Waals surface area contributed by atoms with Gasteiger partial charge in [0.1, 0.15) is 6.54 Å². The van der Waals surface area contributed by atoms with Gasteiger partial charge in [-0.1, -0.05) is 23.7 Å². The highest BCUT2D eigenvalue weighted by Gasteiger charge is 2.39. The highest BCUT2D eigenvalue weighted by molar-refractivity contribution is 6.30. The smallest absolute Gasteiger partial charge is 0.382 e. The number of urea groups is 1. The van der Waals surface area contributed by atoms with Crippen LogP contribution in [-0.4, -0.2) is 68.2 Å². The van der Waals surface area contributed by atoms with Gasteiger partial charge in [0, 0.05) is 30.2 Å². The van der Waals surface area contributed by atoms with Crippen LogP contribution in [0.4, 0.5) is 31.1 Å². The SMILES string of the molecule is O=C(Cn1nc(-c2ccc(Cl)cc2)n(CC(O)C(F)(F)F)c1=O)NC(CN1CCNC1=O)c1cccc(C(F)(F)F)c1. The second kappa shape index (κ2) is 12.1. The van der Waals surface area contributed by atoms with E-state index < -0.39 is 60.8 Å². The van der Waals surface area contributed by atoms with E-state index >= 15 is 0 Å². The fourth-order valence-corrected chi connectivity index (χ4v) is 4.37. The number of carbonyl (C=O) groups is 2. The van der Waals surface area contributed by atoms with Gasteiger partial charge in [-0.15, -0.1) is 5.10 Å². The molecular formula is C25H23ClF6N6O4. The first kappa shape index (κ1) is 30.9. The van der Waals surface area contributed by atoms with Crippen LogP contribution >= 0.6 is 11.6 Å². The molecule has 10 nitrogen and oxygen atoms in total. The summed E-state index contributed by atoms with van der Waals surface area (Å²) in [5, 5.41) is 18.9. The van der Waals surface area contributed by atoms with Crippen LogP contribution in [0.3, 0.4) is 0 Å². The van der Waals surface area contributed by atoms with Gasteiger partial charge in [0.15, 0.2) is 11.9 Å². The zero-order chi connectivity index (χ0) is 30.8. The lowest BCUT2D eigenvalue weighted by Gasteiger charge is -2.25. The Bertz CT molecular complexity index is 1500. The van der Waals surface area contributed by atoms with E-state index in [0.717, 1.165) is 18.2 Å². The molecule has 226 valence electrons. The number of benzene rings is 2. The minimum absolute atomic E-state index is 0.0194. The van der Waals surface area contributed by atoms with Crippen LogP contribution in [0.1, 0.15) is 17.2 Å². The van der Waals surface area contributed by atoms with Crippen molar-refractivity contribution in [2.45, 2.75) is 37.6 Å². The van der Waals surface area contributed by atoms with Crippen molar-refractivity contribution in [3.8, 4) is 11.4 Å². The van der Waals surface area contributed by atoms with Gasteiger partial charge < -0.3 is 20.6 Å². The highest BCUT2D eigenvalue weighted by atomic mass is 35.5. The van der Waals surface area contributed by atoms with Crippen molar-refractivity contribution in [3.63, 3.8) is 0 Å². The van der Waals surface area contributed by atoms with Crippen LogP contribution in [-0.2, 0) is 24.1 Å². The van der Waals surface area contributed by atoms with E-state index in [1.54, 1.807) is 0 Å². The zero-order valence-corrected chi connectivity index (χ0v) is 22.2. The molecule has 0 aliphatic carbocycles. The number of carbonyl (C=O) groups excluding carboxylic acids is 2. The molecule has 1 aromatic heterocycles. The molecule has 2 atom stereocenters. The number of hydrogen-bond acceptors (Lipinski definition) is 5. The number of hydrogen-bond donors (Lipinski definition) is 3. The Kier molecular flexibility index (Phi) is 8.87. The first-order valence-electron chi connectivity index (χ1n) is 12.3. The molecule has 1 saturated heterocycles. The Hall–Kier alpha value is -4.05. The van der Waals surface area contributed by atoms with Crippen molar-refractivity contribution in [3.05, 3.63) is 75.2 Å². The molecule has 1 fully saturated rings. The van der Waals surface area contributed by atoms with Crippen LogP contribution in [0.5, 0.6) is 0 Å². The van der Waals surface area contributed by atoms with Crippen LogP contribution in [0.2, 0.25) is 5.02 Å². The predicted octanol–water partition coefficient (Wildman–Crippen LogP) is 3.19. The topological polar surface area (TPSA) is 121 Å². The lowest BCUT2D eigenvalue weighted by atomic mass is 10.0. The van der Waals surface area contributed by atoms with Crippen molar-refractivity contribution >= 4 is 23.5 Å². The van der Waals surface area contributed by atoms with Crippen LogP contribution in [0.15, 0.2) is 53.3 Å². The monoisotopic (exact) mass is 620 g/mol. The van der Waals surface area contributed by atoms with Gasteiger partial charge in [-0.05, 0) is 42.0 Å². The molecule has 42 heavy (non-hydrogen) atoms. The number of aromatic nitrogens is 3. The zero-order valence-electron chi connectivity index (χ0n) is 21.4. The summed E-state index contributed by atoms with van der Waals surface area (Å²) in [5.74, 6) is -1.22. The standard InChI is InChI=1S/C25H23ClF6N6O4/c26-17-6-4-14(5-7-17)21-35-38(23(42)37(21)12-19(39)25(30,31)32)13-20(40)34-18(11-36-9-8-33-22(36)41)15-2-1-3-16(10-15)24(27,28)29/h1-7,10,18-19,39H,8-9,11-13H2,(H,33,41)(H,34,40). The predicted molar refractivity (Wildman–Crippen MR) is 136 cm³/mol. The normalized spacial score (nSPS) is 15.4. The molecule has 1 aliphatic heterocycles. The summed E-state index contributed by atoms with van der Waals surface area (Å²) in [4.78, 5) is 39.5. The number of amides is 3. The molecule has 4 rings (SSSR count). The first-order chi connectivity index (χ1) is 19.6. The molecule has 0 radical (unpaired) electrons. The van der Waals surface area contributed by atoms with Crippen molar-refractivity contribution in [1.29, 1.82) is 0 Å². The number of alkyl halides is 6. The van der Waals surface area contributed by atoms with Crippen molar-refractivity contribution in [2.75, 3.05) is 19.6 Å². The van der Waals surface area contributed by atoms with E-state index in [2.05, 4.69) is 15.7 Å². The van der Waals surface area contributed by atoms with E-state index in [4.69, 9.17) is 11.6 Å². The minimum Gasteiger partial charge on any atom is -0.382 e. The van der Waals surface area contributed by atoms with Gasteiger partial charge in [0.05, 0.1) is 18.2 Å². The van der Waals surface area contributed by atoms with E-state index in [9.17, 15) is 45.8 Å². The van der Waals surface area contributed by atoms with Crippen LogP contribution in [0, 0.1) is 0 Å². The van der Waals surface area contributed by atoms with E-state index in [1.807, 2.05) is 0 Å². The van der Waals surface area contributed by atoms with Gasteiger partial charge >= 0.3 is 24.1 Å². The molecule has 2 unspecified atom stereocenters. The second-order valence-electron chi connectivity index (χ2n) is 9.36. The number of aliphatic hydroxyl groups excluding tert-OH is 1. The molecule has 2 aromatic carbocycles. The Labute approximate surface area is 238 Å². The number of halogens is 7. The maximum Gasteiger partial charge on any atom is 0.416 e. The fraction of sp³-hybridized carbons (Fsp3) is 0.360. The lowest BCUT2D eigenvalue weighted by Crippen LogP contribution is -2.42. The molecule has 3 aromatic rings. The first-order valence-corrected chi connectivity index (χ1v) is 12.7. The molecule has 17 heteroatoms. The maximum absolute atomic E-state index is 13.4. The lowest BCUT2D eigenvalue weighted by molar-refractivity contribution is -0.207. The fourth-order valence-electron chi connectivity index (χ4n) is 4.25. The molecule has 2 heterocycles. The summed E-state index contributed by atoms with van der Waals surface area (Å²) in [6, 6.07) is 8.01. The second-order valence-corrected chi connectivity index (χ2v) is 9.80. The maximum atomic E-state index is 13.4. The third-order valence-corrected chi connectivity index (χ3v) is 6.60. The van der Waals surface area contributed by atoms with Gasteiger partial charge in [-0.25, -0.2) is 14.3 Å². The van der Waals surface area contributed by atoms with Crippen LogP contribution in [0.25, 0.3) is 11.4 Å². The van der Waals surface area contributed by atoms with Crippen molar-refractivity contribution < 1.29 is 41.0 Å². The minimum atomic E-state index is -5.06. The Balaban J connectivity index is 1.64. The number of nitrogens with zero attached hydrogens (tertiary/aromatic N) is 4. The Morgan fingerprint density at radius 2 is 1.76 bits per heavy atom. The summed E-state index contributed by atoms with van der Waals surface area (Å²) >= 11 is 5.87. The Morgan fingerprint density at radius 1 is 1.07 bits per heavy atom. The molecule has 0 bridgehead atoms. The average Bonchev–Trinajstić information content (AvgIpc) is 3.45. The number of rotatable bonds is 9. The molecule has 3 N–H and O–H groups in total. The quantitative estimate of drug-likeness (QED) is 0.318. The largest absolute Gasteiger partial charge is 0.416 e. The van der Waals surface area contributed by atoms with Gasteiger partial charge in [-0.2, -0.15) is 26.3 Å². The molecule has 1 aliphatic rings. The third-order valence-electron chi connectivity index (χ3n) is 6.35. The van der Waals surface area contributed by atoms with Gasteiger partial charge in [0.2, 0.25) is 5.91 Å². The third kappa shape index (κ3) is 7.23. The summed E-state index contributed by atoms with van der Waals surface area (Å²) in [7, 11) is 0. The highest BCUT2D eigenvalue weighted by Crippen LogP contribution is 2.31. The summed E-state index contributed by atoms with van der Waals surface area (Å²) in [5.41, 5.74) is -1.97. The number of aliphatic hydroxyl groups is 1. The number of nitrogens with one attached hydrogen (secondary N) is 2. The van der Waals surface area contributed by atoms with E-state index in [1.165, 1.54) is 35.2 Å². The van der Waals surface area contributed by atoms with Gasteiger partial charge in [-0.3, -0.25) is 9.36 Å². The average molecular weight is 621 g/mol. The summed E-state index contributed by atoms with van der Waals surface area (Å²) < 4.78 is 80.5.